The molecule has 0 aromatic heterocycles. The fraction of sp³-hybridized carbons (Fsp3) is 0.250. The molecule has 2 aromatic rings. The highest BCUT2D eigenvalue weighted by atomic mass is 16.3. The smallest absolute Gasteiger partial charge is 0.123 e. The number of allylic oxidation sites excluding steroid dienone is 2. The third-order valence-electron chi connectivity index (χ3n) is 4.42. The van der Waals surface area contributed by atoms with Crippen LogP contribution in [0.3, 0.4) is 0 Å². The van der Waals surface area contributed by atoms with Gasteiger partial charge in [0.25, 0.3) is 0 Å². The lowest BCUT2D eigenvalue weighted by Crippen LogP contribution is -1.90. The number of aryl methyl sites for hydroxylation is 1. The first-order chi connectivity index (χ1) is 12.8. The van der Waals surface area contributed by atoms with Crippen molar-refractivity contribution in [2.75, 3.05) is 0 Å². The van der Waals surface area contributed by atoms with Crippen molar-refractivity contribution in [3.63, 3.8) is 0 Å². The summed E-state index contributed by atoms with van der Waals surface area (Å²) in [6.45, 7) is 11.6. The standard InChI is InChI=1S/C24H28O3/c1-16(2)5-10-20-13-18(9-12-22(20)25)7-8-19-14-23(26)21(24(27)15-19)11-6-17(3)4/h7-9,12-15,25-27H,1,3,5-6,10-11H2,2,4H3. The molecule has 0 atom stereocenters. The van der Waals surface area contributed by atoms with Crippen LogP contribution in [0.25, 0.3) is 12.2 Å². The molecule has 2 aromatic carbocycles. The van der Waals surface area contributed by atoms with Gasteiger partial charge in [-0.05, 0) is 80.5 Å². The number of rotatable bonds is 8. The van der Waals surface area contributed by atoms with E-state index in [9.17, 15) is 15.3 Å². The first kappa shape index (κ1) is 20.4. The maximum Gasteiger partial charge on any atom is 0.123 e. The highest BCUT2D eigenvalue weighted by Crippen LogP contribution is 2.31. The fourth-order valence-corrected chi connectivity index (χ4v) is 2.80. The highest BCUT2D eigenvalue weighted by molar-refractivity contribution is 5.72. The van der Waals surface area contributed by atoms with Crippen LogP contribution in [0.5, 0.6) is 17.2 Å². The Bertz CT molecular complexity index is 852. The molecular formula is C24H28O3. The van der Waals surface area contributed by atoms with E-state index in [-0.39, 0.29) is 17.2 Å². The van der Waals surface area contributed by atoms with Crippen LogP contribution >= 0.6 is 0 Å². The first-order valence-corrected chi connectivity index (χ1v) is 9.10. The van der Waals surface area contributed by atoms with Crippen molar-refractivity contribution in [3.05, 3.63) is 76.9 Å². The summed E-state index contributed by atoms with van der Waals surface area (Å²) in [7, 11) is 0. The topological polar surface area (TPSA) is 60.7 Å². The van der Waals surface area contributed by atoms with Gasteiger partial charge in [0, 0.05) is 5.56 Å². The van der Waals surface area contributed by atoms with Crippen molar-refractivity contribution in [1.29, 1.82) is 0 Å². The Morgan fingerprint density at radius 3 is 1.93 bits per heavy atom. The zero-order valence-electron chi connectivity index (χ0n) is 16.1. The van der Waals surface area contributed by atoms with Gasteiger partial charge in [0.05, 0.1) is 0 Å². The van der Waals surface area contributed by atoms with E-state index >= 15 is 0 Å². The SMILES string of the molecule is C=C(C)CCc1cc(C=Cc2cc(O)c(CCC(=C)C)c(O)c2)ccc1O. The average Bonchev–Trinajstić information content (AvgIpc) is 2.58. The van der Waals surface area contributed by atoms with Crippen LogP contribution < -0.4 is 0 Å². The zero-order chi connectivity index (χ0) is 20.0. The maximum absolute atomic E-state index is 10.2. The third-order valence-corrected chi connectivity index (χ3v) is 4.42. The van der Waals surface area contributed by atoms with Crippen LogP contribution in [0.1, 0.15) is 48.9 Å². The van der Waals surface area contributed by atoms with E-state index < -0.39 is 0 Å². The van der Waals surface area contributed by atoms with Gasteiger partial charge >= 0.3 is 0 Å². The predicted molar refractivity (Wildman–Crippen MR) is 113 cm³/mol. The molecule has 27 heavy (non-hydrogen) atoms. The lowest BCUT2D eigenvalue weighted by molar-refractivity contribution is 0.438. The van der Waals surface area contributed by atoms with E-state index in [1.165, 1.54) is 0 Å². The summed E-state index contributed by atoms with van der Waals surface area (Å²) in [5, 5.41) is 30.4. The molecule has 0 heterocycles. The van der Waals surface area contributed by atoms with Gasteiger partial charge in [0.1, 0.15) is 17.2 Å². The molecule has 3 heteroatoms. The summed E-state index contributed by atoms with van der Waals surface area (Å²) in [5.41, 5.74) is 5.15. The van der Waals surface area contributed by atoms with Crippen LogP contribution in [0.4, 0.5) is 0 Å². The van der Waals surface area contributed by atoms with Crippen molar-refractivity contribution in [2.24, 2.45) is 0 Å². The number of phenols is 3. The maximum atomic E-state index is 10.2. The minimum Gasteiger partial charge on any atom is -0.508 e. The number of phenolic OH excluding ortho intramolecular Hbond substituents is 3. The van der Waals surface area contributed by atoms with Crippen LogP contribution in [0, 0.1) is 0 Å². The molecule has 0 aliphatic heterocycles. The van der Waals surface area contributed by atoms with E-state index in [0.29, 0.717) is 17.5 Å². The van der Waals surface area contributed by atoms with E-state index in [4.69, 9.17) is 0 Å². The molecule has 3 nitrogen and oxygen atoms in total. The van der Waals surface area contributed by atoms with Crippen molar-refractivity contribution < 1.29 is 15.3 Å². The molecule has 2 rings (SSSR count). The van der Waals surface area contributed by atoms with E-state index in [0.717, 1.165) is 41.5 Å². The second-order valence-corrected chi connectivity index (χ2v) is 7.17. The number of hydrogen-bond acceptors (Lipinski definition) is 3. The van der Waals surface area contributed by atoms with Gasteiger partial charge in [0.15, 0.2) is 0 Å². The van der Waals surface area contributed by atoms with Gasteiger partial charge in [0.2, 0.25) is 0 Å². The quantitative estimate of drug-likeness (QED) is 0.398. The monoisotopic (exact) mass is 364 g/mol. The Morgan fingerprint density at radius 2 is 1.33 bits per heavy atom. The normalized spacial score (nSPS) is 11.0. The molecular weight excluding hydrogens is 336 g/mol. The Kier molecular flexibility index (Phi) is 6.89. The minimum atomic E-state index is 0.0868. The van der Waals surface area contributed by atoms with Gasteiger partial charge < -0.3 is 15.3 Å². The fourth-order valence-electron chi connectivity index (χ4n) is 2.80. The molecule has 0 spiro atoms. The van der Waals surface area contributed by atoms with Crippen molar-refractivity contribution in [2.45, 2.75) is 39.5 Å². The Hall–Kier alpha value is -2.94. The predicted octanol–water partition coefficient (Wildman–Crippen LogP) is 5.99. The average molecular weight is 364 g/mol. The van der Waals surface area contributed by atoms with E-state index in [1.807, 2.05) is 38.1 Å². The van der Waals surface area contributed by atoms with Crippen molar-refractivity contribution >= 4 is 12.2 Å². The zero-order valence-corrected chi connectivity index (χ0v) is 16.1. The first-order valence-electron chi connectivity index (χ1n) is 9.10. The van der Waals surface area contributed by atoms with Crippen LogP contribution in [0.2, 0.25) is 0 Å². The van der Waals surface area contributed by atoms with Crippen LogP contribution in [-0.4, -0.2) is 15.3 Å². The summed E-state index contributed by atoms with van der Waals surface area (Å²) in [6.07, 6.45) is 6.57. The summed E-state index contributed by atoms with van der Waals surface area (Å²) < 4.78 is 0. The molecule has 0 fully saturated rings. The summed E-state index contributed by atoms with van der Waals surface area (Å²) >= 11 is 0. The molecule has 0 aliphatic rings. The molecule has 0 saturated carbocycles. The van der Waals surface area contributed by atoms with Gasteiger partial charge in [-0.3, -0.25) is 0 Å². The molecule has 0 bridgehead atoms. The van der Waals surface area contributed by atoms with E-state index in [1.54, 1.807) is 18.2 Å². The Labute approximate surface area is 161 Å². The van der Waals surface area contributed by atoms with E-state index in [2.05, 4.69) is 13.2 Å². The molecule has 0 unspecified atom stereocenters. The number of aromatic hydroxyl groups is 3. The van der Waals surface area contributed by atoms with Gasteiger partial charge in [-0.2, -0.15) is 0 Å². The number of hydrogen-bond donors (Lipinski definition) is 3. The van der Waals surface area contributed by atoms with Crippen molar-refractivity contribution in [3.8, 4) is 17.2 Å². The summed E-state index contributed by atoms with van der Waals surface area (Å²) in [5.74, 6) is 0.457. The van der Waals surface area contributed by atoms with Gasteiger partial charge in [-0.25, -0.2) is 0 Å². The Morgan fingerprint density at radius 1 is 0.778 bits per heavy atom. The lowest BCUT2D eigenvalue weighted by Gasteiger charge is -2.09. The lowest BCUT2D eigenvalue weighted by atomic mass is 10.0. The third kappa shape index (κ3) is 6.07. The van der Waals surface area contributed by atoms with Crippen molar-refractivity contribution in [1.82, 2.24) is 0 Å². The molecule has 142 valence electrons. The van der Waals surface area contributed by atoms with Crippen LogP contribution in [-0.2, 0) is 12.8 Å². The molecule has 0 radical (unpaired) electrons. The summed E-state index contributed by atoms with van der Waals surface area (Å²) in [6, 6.07) is 8.74. The van der Waals surface area contributed by atoms with Gasteiger partial charge in [-0.1, -0.05) is 29.4 Å². The molecule has 0 aliphatic carbocycles. The van der Waals surface area contributed by atoms with Crippen LogP contribution in [0.15, 0.2) is 54.6 Å². The molecule has 3 N–H and O–H groups in total. The number of benzene rings is 2. The minimum absolute atomic E-state index is 0.0868. The second kappa shape index (κ2) is 9.13. The highest BCUT2D eigenvalue weighted by Gasteiger charge is 2.09. The largest absolute Gasteiger partial charge is 0.508 e. The molecule has 0 saturated heterocycles. The Balaban J connectivity index is 2.19. The molecule has 0 amide bonds. The second-order valence-electron chi connectivity index (χ2n) is 7.17. The summed E-state index contributed by atoms with van der Waals surface area (Å²) in [4.78, 5) is 0. The van der Waals surface area contributed by atoms with Gasteiger partial charge in [-0.15, -0.1) is 13.2 Å².